The van der Waals surface area contributed by atoms with E-state index in [-0.39, 0.29) is 5.95 Å². The van der Waals surface area contributed by atoms with E-state index in [2.05, 4.69) is 10.1 Å². The van der Waals surface area contributed by atoms with Crippen molar-refractivity contribution in [2.75, 3.05) is 44.0 Å². The molecule has 0 aromatic carbocycles. The minimum absolute atomic E-state index is 0.230. The molecule has 0 amide bonds. The van der Waals surface area contributed by atoms with Crippen LogP contribution in [0, 0.1) is 0 Å². The molecule has 94 valence electrons. The molecule has 0 aliphatic carbocycles. The highest BCUT2D eigenvalue weighted by Gasteiger charge is 2.19. The normalized spacial score (nSPS) is 16.0. The van der Waals surface area contributed by atoms with Crippen LogP contribution in [0.3, 0.4) is 0 Å². The summed E-state index contributed by atoms with van der Waals surface area (Å²) >= 11 is 5.08. The lowest BCUT2D eigenvalue weighted by Gasteiger charge is -2.25. The quantitative estimate of drug-likeness (QED) is 0.361. The van der Waals surface area contributed by atoms with Crippen LogP contribution in [-0.4, -0.2) is 58.2 Å². The van der Waals surface area contributed by atoms with Crippen LogP contribution >= 0.6 is 12.2 Å². The van der Waals surface area contributed by atoms with Crippen molar-refractivity contribution in [3.8, 4) is 0 Å². The second-order valence-corrected chi connectivity index (χ2v) is 4.04. The fraction of sp³-hybridized carbons (Fsp3) is 0.625. The summed E-state index contributed by atoms with van der Waals surface area (Å²) in [5.41, 5.74) is 5.75. The van der Waals surface area contributed by atoms with E-state index in [1.807, 2.05) is 4.90 Å². The molecular weight excluding hydrogens is 242 g/mol. The maximum Gasteiger partial charge on any atom is 0.247 e. The molecule has 2 heterocycles. The van der Waals surface area contributed by atoms with Gasteiger partial charge in [0.25, 0.3) is 0 Å². The molecule has 17 heavy (non-hydrogen) atoms. The number of ether oxygens (including phenoxy) is 1. The van der Waals surface area contributed by atoms with Crippen molar-refractivity contribution in [2.45, 2.75) is 0 Å². The Morgan fingerprint density at radius 3 is 2.71 bits per heavy atom. The standard InChI is InChI=1S/C8H15N7OS/c1-13(10)8(17)15-6(9)11-7(12-15)14-2-4-16-5-3-14/h2-5,10H2,1H3,(H2,9,11,12). The van der Waals surface area contributed by atoms with Crippen LogP contribution in [0.2, 0.25) is 0 Å². The molecule has 1 saturated heterocycles. The van der Waals surface area contributed by atoms with Crippen molar-refractivity contribution in [1.29, 1.82) is 0 Å². The van der Waals surface area contributed by atoms with Crippen molar-refractivity contribution >= 4 is 29.2 Å². The van der Waals surface area contributed by atoms with E-state index < -0.39 is 0 Å². The van der Waals surface area contributed by atoms with Crippen LogP contribution in [0.25, 0.3) is 0 Å². The Morgan fingerprint density at radius 1 is 1.47 bits per heavy atom. The topological polar surface area (TPSA) is 98.5 Å². The minimum Gasteiger partial charge on any atom is -0.378 e. The van der Waals surface area contributed by atoms with Crippen LogP contribution in [0.5, 0.6) is 0 Å². The van der Waals surface area contributed by atoms with E-state index in [1.165, 1.54) is 9.69 Å². The summed E-state index contributed by atoms with van der Waals surface area (Å²) in [5.74, 6) is 6.32. The lowest BCUT2D eigenvalue weighted by Crippen LogP contribution is -2.38. The summed E-state index contributed by atoms with van der Waals surface area (Å²) in [6.45, 7) is 2.81. The van der Waals surface area contributed by atoms with Crippen molar-refractivity contribution in [3.63, 3.8) is 0 Å². The third kappa shape index (κ3) is 2.46. The Bertz CT molecular complexity index is 412. The first-order chi connectivity index (χ1) is 8.09. The van der Waals surface area contributed by atoms with E-state index in [4.69, 9.17) is 28.5 Å². The molecule has 0 bridgehead atoms. The SMILES string of the molecule is CN(N)C(=S)n1nc(N2CCOCC2)nc1N. The Morgan fingerprint density at radius 2 is 2.12 bits per heavy atom. The van der Waals surface area contributed by atoms with Crippen LogP contribution in [0.1, 0.15) is 0 Å². The first-order valence-electron chi connectivity index (χ1n) is 5.17. The zero-order valence-electron chi connectivity index (χ0n) is 9.54. The molecule has 4 N–H and O–H groups in total. The first-order valence-corrected chi connectivity index (χ1v) is 5.58. The van der Waals surface area contributed by atoms with Crippen molar-refractivity contribution in [1.82, 2.24) is 19.8 Å². The van der Waals surface area contributed by atoms with Gasteiger partial charge in [0.2, 0.25) is 17.0 Å². The monoisotopic (exact) mass is 257 g/mol. The van der Waals surface area contributed by atoms with Gasteiger partial charge in [-0.05, 0) is 12.2 Å². The van der Waals surface area contributed by atoms with Gasteiger partial charge >= 0.3 is 0 Å². The molecule has 0 spiro atoms. The smallest absolute Gasteiger partial charge is 0.247 e. The fourth-order valence-electron chi connectivity index (χ4n) is 1.50. The molecule has 0 radical (unpaired) electrons. The average Bonchev–Trinajstić information content (AvgIpc) is 2.71. The predicted octanol–water partition coefficient (Wildman–Crippen LogP) is -1.36. The van der Waals surface area contributed by atoms with Crippen molar-refractivity contribution < 1.29 is 4.74 Å². The summed E-state index contributed by atoms with van der Waals surface area (Å²) in [5, 5.41) is 5.81. The molecular formula is C8H15N7OS. The molecule has 9 heteroatoms. The van der Waals surface area contributed by atoms with Crippen molar-refractivity contribution in [3.05, 3.63) is 0 Å². The molecule has 1 aliphatic heterocycles. The number of rotatable bonds is 1. The van der Waals surface area contributed by atoms with Crippen LogP contribution in [0.4, 0.5) is 11.9 Å². The molecule has 0 saturated carbocycles. The number of anilines is 2. The van der Waals surface area contributed by atoms with Gasteiger partial charge in [-0.1, -0.05) is 0 Å². The fourth-order valence-corrected chi connectivity index (χ4v) is 1.63. The van der Waals surface area contributed by atoms with Crippen molar-refractivity contribution in [2.24, 2.45) is 5.84 Å². The number of nitrogen functional groups attached to an aromatic ring is 1. The minimum atomic E-state index is 0.230. The average molecular weight is 257 g/mol. The number of thiocarbonyl (C=S) groups is 1. The number of hydrazine groups is 1. The van der Waals surface area contributed by atoms with Gasteiger partial charge in [-0.2, -0.15) is 9.67 Å². The van der Waals surface area contributed by atoms with Crippen LogP contribution < -0.4 is 16.5 Å². The third-order valence-electron chi connectivity index (χ3n) is 2.40. The molecule has 2 rings (SSSR count). The van der Waals surface area contributed by atoms with Crippen LogP contribution in [-0.2, 0) is 4.74 Å². The van der Waals surface area contributed by atoms with E-state index in [0.29, 0.717) is 24.3 Å². The first kappa shape index (κ1) is 12.0. The van der Waals surface area contributed by atoms with Gasteiger partial charge in [-0.15, -0.1) is 5.10 Å². The van der Waals surface area contributed by atoms with Gasteiger partial charge in [-0.25, -0.2) is 5.84 Å². The van der Waals surface area contributed by atoms with Gasteiger partial charge < -0.3 is 15.4 Å². The zero-order chi connectivity index (χ0) is 12.4. The Labute approximate surface area is 104 Å². The van der Waals surface area contributed by atoms with E-state index >= 15 is 0 Å². The van der Waals surface area contributed by atoms with Gasteiger partial charge in [0.15, 0.2) is 0 Å². The van der Waals surface area contributed by atoms with Gasteiger partial charge in [0.05, 0.1) is 13.2 Å². The number of hydrogen-bond donors (Lipinski definition) is 2. The number of nitrogens with zero attached hydrogens (tertiary/aromatic N) is 5. The van der Waals surface area contributed by atoms with E-state index in [0.717, 1.165) is 13.1 Å². The lowest BCUT2D eigenvalue weighted by atomic mass is 10.4. The molecule has 1 aromatic rings. The molecule has 1 aromatic heterocycles. The highest BCUT2D eigenvalue weighted by molar-refractivity contribution is 7.80. The number of morpholine rings is 1. The highest BCUT2D eigenvalue weighted by atomic mass is 32.1. The maximum absolute atomic E-state index is 5.75. The summed E-state index contributed by atoms with van der Waals surface area (Å²) in [6, 6.07) is 0. The summed E-state index contributed by atoms with van der Waals surface area (Å²) in [4.78, 5) is 6.16. The second kappa shape index (κ2) is 4.82. The second-order valence-electron chi connectivity index (χ2n) is 3.67. The molecule has 0 unspecified atom stereocenters. The molecule has 0 atom stereocenters. The number of hydrogen-bond acceptors (Lipinski definition) is 7. The summed E-state index contributed by atoms with van der Waals surface area (Å²) in [6.07, 6.45) is 0. The van der Waals surface area contributed by atoms with Gasteiger partial charge in [0.1, 0.15) is 0 Å². The molecule has 8 nitrogen and oxygen atoms in total. The van der Waals surface area contributed by atoms with Gasteiger partial charge in [0, 0.05) is 20.1 Å². The maximum atomic E-state index is 5.75. The van der Waals surface area contributed by atoms with Gasteiger partial charge in [-0.3, -0.25) is 5.01 Å². The lowest BCUT2D eigenvalue weighted by molar-refractivity contribution is 0.122. The third-order valence-corrected chi connectivity index (χ3v) is 2.86. The number of nitrogens with two attached hydrogens (primary N) is 2. The van der Waals surface area contributed by atoms with E-state index in [9.17, 15) is 0 Å². The Kier molecular flexibility index (Phi) is 3.41. The largest absolute Gasteiger partial charge is 0.378 e. The zero-order valence-corrected chi connectivity index (χ0v) is 10.4. The summed E-state index contributed by atoms with van der Waals surface area (Å²) < 4.78 is 6.60. The van der Waals surface area contributed by atoms with E-state index in [1.54, 1.807) is 7.05 Å². The highest BCUT2D eigenvalue weighted by Crippen LogP contribution is 2.12. The Balaban J connectivity index is 2.20. The van der Waals surface area contributed by atoms with Crippen LogP contribution in [0.15, 0.2) is 0 Å². The predicted molar refractivity (Wildman–Crippen MR) is 67.4 cm³/mol. The number of aromatic nitrogens is 3. The Hall–Kier alpha value is -1.45. The summed E-state index contributed by atoms with van der Waals surface area (Å²) in [7, 11) is 1.62. The molecule has 1 fully saturated rings. The molecule has 1 aliphatic rings.